The second-order valence-electron chi connectivity index (χ2n) is 3.43. The van der Waals surface area contributed by atoms with Crippen molar-refractivity contribution in [3.63, 3.8) is 0 Å². The van der Waals surface area contributed by atoms with Crippen molar-refractivity contribution in [3.8, 4) is 0 Å². The van der Waals surface area contributed by atoms with Crippen LogP contribution in [-0.4, -0.2) is 30.6 Å². The Morgan fingerprint density at radius 2 is 2.21 bits per heavy atom. The van der Waals surface area contributed by atoms with Crippen LogP contribution < -0.4 is 5.43 Å². The molecule has 1 N–H and O–H groups in total. The monoisotopic (exact) mass is 194 g/mol. The highest BCUT2D eigenvalue weighted by Crippen LogP contribution is 2.07. The average molecular weight is 194 g/mol. The molecular weight excluding hydrogens is 180 g/mol. The molecule has 0 radical (unpaired) electrons. The summed E-state index contributed by atoms with van der Waals surface area (Å²) in [4.78, 5) is 11.6. The van der Waals surface area contributed by atoms with Crippen molar-refractivity contribution in [3.05, 3.63) is 24.0 Å². The van der Waals surface area contributed by atoms with Crippen molar-refractivity contribution in [2.45, 2.75) is 12.8 Å². The van der Waals surface area contributed by atoms with Gasteiger partial charge in [0.05, 0.1) is 6.26 Å². The number of nitrogens with one attached hydrogen (secondary N) is 1. The van der Waals surface area contributed by atoms with Crippen LogP contribution in [0.3, 0.4) is 0 Å². The minimum absolute atomic E-state index is 0.0357. The molecule has 2 rings (SSSR count). The first-order valence-electron chi connectivity index (χ1n) is 4.90. The lowest BCUT2D eigenvalue weighted by Gasteiger charge is -2.17. The van der Waals surface area contributed by atoms with Crippen molar-refractivity contribution < 1.29 is 9.53 Å². The third-order valence-electron chi connectivity index (χ3n) is 2.37. The molecule has 1 saturated heterocycles. The zero-order valence-corrected chi connectivity index (χ0v) is 8.03. The van der Waals surface area contributed by atoms with Gasteiger partial charge >= 0.3 is 0 Å². The second kappa shape index (κ2) is 4.28. The van der Waals surface area contributed by atoms with Gasteiger partial charge in [-0.05, 0) is 25.0 Å². The predicted molar refractivity (Wildman–Crippen MR) is 52.1 cm³/mol. The summed E-state index contributed by atoms with van der Waals surface area (Å²) in [7, 11) is 0. The minimum Gasteiger partial charge on any atom is -0.497 e. The lowest BCUT2D eigenvalue weighted by atomic mass is 10.2. The number of hydrogen-bond acceptors (Lipinski definition) is 3. The smallest absolute Gasteiger partial charge is 0.265 e. The molecule has 0 saturated carbocycles. The molecule has 0 aromatic heterocycles. The quantitative estimate of drug-likeness (QED) is 0.699. The van der Waals surface area contributed by atoms with E-state index in [1.807, 2.05) is 5.01 Å². The van der Waals surface area contributed by atoms with Crippen molar-refractivity contribution in [2.24, 2.45) is 0 Å². The zero-order valence-electron chi connectivity index (χ0n) is 8.03. The number of ether oxygens (including phenoxy) is 1. The van der Waals surface area contributed by atoms with E-state index in [4.69, 9.17) is 4.74 Å². The van der Waals surface area contributed by atoms with Gasteiger partial charge in [-0.15, -0.1) is 0 Å². The first-order valence-corrected chi connectivity index (χ1v) is 4.90. The summed E-state index contributed by atoms with van der Waals surface area (Å²) in [5.74, 6) is -0.0357. The van der Waals surface area contributed by atoms with Gasteiger partial charge in [-0.25, -0.2) is 5.01 Å². The van der Waals surface area contributed by atoms with Crippen LogP contribution >= 0.6 is 0 Å². The molecule has 0 atom stereocenters. The molecule has 0 spiro atoms. The summed E-state index contributed by atoms with van der Waals surface area (Å²) >= 11 is 0. The Kier molecular flexibility index (Phi) is 2.84. The molecule has 0 aromatic rings. The molecular formula is C10H14N2O2. The van der Waals surface area contributed by atoms with E-state index in [1.165, 1.54) is 0 Å². The van der Waals surface area contributed by atoms with E-state index in [0.29, 0.717) is 12.2 Å². The van der Waals surface area contributed by atoms with Gasteiger partial charge in [0.2, 0.25) is 0 Å². The summed E-state index contributed by atoms with van der Waals surface area (Å²) < 4.78 is 4.97. The number of amides is 1. The van der Waals surface area contributed by atoms with E-state index >= 15 is 0 Å². The molecule has 4 heteroatoms. The molecule has 2 aliphatic rings. The predicted octanol–water partition coefficient (Wildman–Crippen LogP) is 0.584. The molecule has 2 aliphatic heterocycles. The first-order chi connectivity index (χ1) is 6.86. The lowest BCUT2D eigenvalue weighted by molar-refractivity contribution is -0.121. The van der Waals surface area contributed by atoms with Gasteiger partial charge in [-0.2, -0.15) is 0 Å². The Morgan fingerprint density at radius 1 is 1.43 bits per heavy atom. The van der Waals surface area contributed by atoms with Crippen LogP contribution in [0.4, 0.5) is 0 Å². The topological polar surface area (TPSA) is 41.6 Å². The van der Waals surface area contributed by atoms with E-state index in [-0.39, 0.29) is 5.91 Å². The highest BCUT2D eigenvalue weighted by molar-refractivity contribution is 5.95. The zero-order chi connectivity index (χ0) is 9.80. The number of carbonyl (C=O) groups is 1. The summed E-state index contributed by atoms with van der Waals surface area (Å²) in [5.41, 5.74) is 3.55. The molecule has 0 bridgehead atoms. The third-order valence-corrected chi connectivity index (χ3v) is 2.37. The Hall–Kier alpha value is -1.29. The summed E-state index contributed by atoms with van der Waals surface area (Å²) in [5, 5.41) is 1.96. The summed E-state index contributed by atoms with van der Waals surface area (Å²) in [6, 6.07) is 0. The van der Waals surface area contributed by atoms with Crippen LogP contribution in [0.15, 0.2) is 24.0 Å². The Labute approximate surface area is 83.2 Å². The normalized spacial score (nSPS) is 21.6. The van der Waals surface area contributed by atoms with E-state index in [0.717, 1.165) is 25.9 Å². The minimum atomic E-state index is -0.0357. The van der Waals surface area contributed by atoms with Crippen LogP contribution in [-0.2, 0) is 9.53 Å². The Morgan fingerprint density at radius 3 is 2.86 bits per heavy atom. The maximum absolute atomic E-state index is 11.6. The second-order valence-corrected chi connectivity index (χ2v) is 3.43. The maximum Gasteiger partial charge on any atom is 0.265 e. The van der Waals surface area contributed by atoms with Gasteiger partial charge in [-0.1, -0.05) is 0 Å². The molecule has 4 nitrogen and oxygen atoms in total. The highest BCUT2D eigenvalue weighted by Gasteiger charge is 2.16. The van der Waals surface area contributed by atoms with Gasteiger partial charge < -0.3 is 4.74 Å². The van der Waals surface area contributed by atoms with Gasteiger partial charge in [0, 0.05) is 18.7 Å². The largest absolute Gasteiger partial charge is 0.497 e. The molecule has 1 amide bonds. The van der Waals surface area contributed by atoms with Crippen LogP contribution in [0.5, 0.6) is 0 Å². The van der Waals surface area contributed by atoms with E-state index in [9.17, 15) is 4.79 Å². The number of rotatable bonds is 2. The van der Waals surface area contributed by atoms with E-state index in [2.05, 4.69) is 5.43 Å². The molecule has 2 heterocycles. The fourth-order valence-electron chi connectivity index (χ4n) is 1.59. The molecule has 0 aromatic carbocycles. The van der Waals surface area contributed by atoms with E-state index in [1.54, 1.807) is 18.4 Å². The van der Waals surface area contributed by atoms with Crippen LogP contribution in [0.2, 0.25) is 0 Å². The number of carbonyl (C=O) groups excluding carboxylic acids is 1. The standard InChI is InChI=1S/C10H14N2O2/c13-10(9-3-7-14-8-4-9)11-12-5-1-2-6-12/h3-4,7H,1-2,5-6,8H2,(H,11,13). The van der Waals surface area contributed by atoms with Crippen molar-refractivity contribution >= 4 is 5.91 Å². The van der Waals surface area contributed by atoms with E-state index < -0.39 is 0 Å². The molecule has 0 unspecified atom stereocenters. The molecule has 14 heavy (non-hydrogen) atoms. The number of hydrogen-bond donors (Lipinski definition) is 1. The number of hydrazine groups is 1. The Bertz CT molecular complexity index is 278. The Balaban J connectivity index is 1.88. The highest BCUT2D eigenvalue weighted by atomic mass is 16.5. The van der Waals surface area contributed by atoms with Gasteiger partial charge in [0.25, 0.3) is 5.91 Å². The molecule has 1 fully saturated rings. The summed E-state index contributed by atoms with van der Waals surface area (Å²) in [6.07, 6.45) is 7.36. The van der Waals surface area contributed by atoms with Crippen LogP contribution in [0.1, 0.15) is 12.8 Å². The van der Waals surface area contributed by atoms with Crippen molar-refractivity contribution in [2.75, 3.05) is 19.7 Å². The summed E-state index contributed by atoms with van der Waals surface area (Å²) in [6.45, 7) is 2.40. The molecule has 0 aliphatic carbocycles. The maximum atomic E-state index is 11.6. The van der Waals surface area contributed by atoms with Crippen molar-refractivity contribution in [1.29, 1.82) is 0 Å². The van der Waals surface area contributed by atoms with Crippen LogP contribution in [0, 0.1) is 0 Å². The fourth-order valence-corrected chi connectivity index (χ4v) is 1.59. The average Bonchev–Trinajstić information content (AvgIpc) is 2.72. The van der Waals surface area contributed by atoms with Gasteiger partial charge in [-0.3, -0.25) is 10.2 Å². The van der Waals surface area contributed by atoms with Gasteiger partial charge in [0.15, 0.2) is 0 Å². The molecule has 76 valence electrons. The first kappa shape index (κ1) is 9.27. The fraction of sp³-hybridized carbons (Fsp3) is 0.500. The number of nitrogens with zero attached hydrogens (tertiary/aromatic N) is 1. The lowest BCUT2D eigenvalue weighted by Crippen LogP contribution is -2.40. The van der Waals surface area contributed by atoms with Gasteiger partial charge in [0.1, 0.15) is 6.61 Å². The third kappa shape index (κ3) is 2.14. The SMILES string of the molecule is O=C(NN1CCCC1)C1=CCOC=C1. The van der Waals surface area contributed by atoms with Crippen LogP contribution in [0.25, 0.3) is 0 Å². The van der Waals surface area contributed by atoms with Crippen molar-refractivity contribution in [1.82, 2.24) is 10.4 Å².